The largest absolute Gasteiger partial charge is 0.295 e. The average Bonchev–Trinajstić information content (AvgIpc) is 2.70. The van der Waals surface area contributed by atoms with Crippen molar-refractivity contribution in [2.24, 2.45) is 4.99 Å². The SMILES string of the molecule is CCCCCCN=C[C@H](c1ccccc1)N(O)C(=O)Cc1ccc(Cl)c(Cl)c1. The molecule has 0 aromatic heterocycles. The molecule has 0 saturated heterocycles. The van der Waals surface area contributed by atoms with Crippen molar-refractivity contribution < 1.29 is 10.0 Å². The molecule has 0 spiro atoms. The minimum Gasteiger partial charge on any atom is -0.295 e. The smallest absolute Gasteiger partial charge is 0.251 e. The third-order valence-corrected chi connectivity index (χ3v) is 5.13. The quantitative estimate of drug-likeness (QED) is 0.217. The van der Waals surface area contributed by atoms with Crippen LogP contribution in [0.3, 0.4) is 0 Å². The molecule has 0 heterocycles. The maximum atomic E-state index is 12.6. The zero-order valence-electron chi connectivity index (χ0n) is 16.0. The minimum absolute atomic E-state index is 0.0149. The molecule has 0 saturated carbocycles. The number of carbonyl (C=O) groups excluding carboxylic acids is 1. The predicted octanol–water partition coefficient (Wildman–Crippen LogP) is 6.15. The Kier molecular flexibility index (Phi) is 9.48. The van der Waals surface area contributed by atoms with E-state index in [0.717, 1.165) is 23.5 Å². The lowest BCUT2D eigenvalue weighted by Crippen LogP contribution is -2.34. The number of rotatable bonds is 10. The molecule has 0 unspecified atom stereocenters. The number of hydrogen-bond acceptors (Lipinski definition) is 3. The fraction of sp³-hybridized carbons (Fsp3) is 0.364. The molecule has 1 N–H and O–H groups in total. The van der Waals surface area contributed by atoms with Crippen LogP contribution in [0.2, 0.25) is 10.0 Å². The van der Waals surface area contributed by atoms with Gasteiger partial charge in [-0.1, -0.05) is 85.8 Å². The van der Waals surface area contributed by atoms with Gasteiger partial charge in [0, 0.05) is 12.8 Å². The van der Waals surface area contributed by atoms with Crippen molar-refractivity contribution in [2.75, 3.05) is 6.54 Å². The fourth-order valence-electron chi connectivity index (χ4n) is 2.81. The molecule has 0 radical (unpaired) electrons. The molecular formula is C22H26Cl2N2O2. The van der Waals surface area contributed by atoms with E-state index in [9.17, 15) is 10.0 Å². The van der Waals surface area contributed by atoms with E-state index in [1.165, 1.54) is 12.8 Å². The highest BCUT2D eigenvalue weighted by atomic mass is 35.5. The van der Waals surface area contributed by atoms with Crippen LogP contribution in [-0.4, -0.2) is 28.9 Å². The highest BCUT2D eigenvalue weighted by Crippen LogP contribution is 2.24. The van der Waals surface area contributed by atoms with E-state index >= 15 is 0 Å². The van der Waals surface area contributed by atoms with Crippen LogP contribution in [0.5, 0.6) is 0 Å². The Labute approximate surface area is 176 Å². The summed E-state index contributed by atoms with van der Waals surface area (Å²) in [7, 11) is 0. The van der Waals surface area contributed by atoms with Crippen molar-refractivity contribution in [1.82, 2.24) is 5.06 Å². The number of amides is 1. The molecular weight excluding hydrogens is 395 g/mol. The van der Waals surface area contributed by atoms with Gasteiger partial charge in [-0.05, 0) is 29.7 Å². The maximum absolute atomic E-state index is 12.6. The standard InChI is InChI=1S/C22H26Cl2N2O2/c1-2-3-4-8-13-25-16-21(18-9-6-5-7-10-18)26(28)22(27)15-17-11-12-19(23)20(24)14-17/h5-7,9-12,14,16,21,28H,2-4,8,13,15H2,1H3/t21-/m1/s1. The molecule has 1 amide bonds. The summed E-state index contributed by atoms with van der Waals surface area (Å²) in [5.74, 6) is -0.440. The van der Waals surface area contributed by atoms with E-state index in [0.29, 0.717) is 22.2 Å². The summed E-state index contributed by atoms with van der Waals surface area (Å²) in [4.78, 5) is 17.1. The fourth-order valence-corrected chi connectivity index (χ4v) is 3.13. The van der Waals surface area contributed by atoms with E-state index in [1.807, 2.05) is 30.3 Å². The van der Waals surface area contributed by atoms with Gasteiger partial charge < -0.3 is 0 Å². The second-order valence-electron chi connectivity index (χ2n) is 6.63. The Morgan fingerprint density at radius 3 is 2.54 bits per heavy atom. The van der Waals surface area contributed by atoms with Gasteiger partial charge >= 0.3 is 0 Å². The Balaban J connectivity index is 2.08. The summed E-state index contributed by atoms with van der Waals surface area (Å²) in [6.07, 6.45) is 6.14. The normalized spacial score (nSPS) is 12.3. The van der Waals surface area contributed by atoms with Crippen LogP contribution >= 0.6 is 23.2 Å². The lowest BCUT2D eigenvalue weighted by Gasteiger charge is -2.23. The maximum Gasteiger partial charge on any atom is 0.251 e. The molecule has 1 atom stereocenters. The molecule has 2 aromatic carbocycles. The summed E-state index contributed by atoms with van der Waals surface area (Å²) in [5.41, 5.74) is 1.48. The Hall–Kier alpha value is -1.88. The minimum atomic E-state index is -0.636. The number of carbonyl (C=O) groups is 1. The summed E-state index contributed by atoms with van der Waals surface area (Å²) in [5, 5.41) is 12.1. The molecule has 0 aliphatic rings. The van der Waals surface area contributed by atoms with Gasteiger partial charge in [0.15, 0.2) is 0 Å². The molecule has 0 bridgehead atoms. The molecule has 4 nitrogen and oxygen atoms in total. The first-order valence-corrected chi connectivity index (χ1v) is 10.3. The molecule has 2 rings (SSSR count). The van der Waals surface area contributed by atoms with Gasteiger partial charge in [-0.15, -0.1) is 0 Å². The number of halogens is 2. The van der Waals surface area contributed by atoms with Gasteiger partial charge in [-0.2, -0.15) is 0 Å². The van der Waals surface area contributed by atoms with Gasteiger partial charge in [0.2, 0.25) is 0 Å². The van der Waals surface area contributed by atoms with Crippen molar-refractivity contribution in [1.29, 1.82) is 0 Å². The number of benzene rings is 2. The van der Waals surface area contributed by atoms with Crippen molar-refractivity contribution >= 4 is 35.3 Å². The first kappa shape index (κ1) is 22.4. The predicted molar refractivity (Wildman–Crippen MR) is 115 cm³/mol. The van der Waals surface area contributed by atoms with Crippen LogP contribution in [0.15, 0.2) is 53.5 Å². The van der Waals surface area contributed by atoms with Crippen LogP contribution in [-0.2, 0) is 11.2 Å². The second kappa shape index (κ2) is 11.8. The number of aliphatic imine (C=N–C) groups is 1. The molecule has 0 aliphatic carbocycles. The topological polar surface area (TPSA) is 52.9 Å². The third kappa shape index (κ3) is 6.93. The van der Waals surface area contributed by atoms with Crippen LogP contribution in [0.1, 0.15) is 49.8 Å². The average molecular weight is 421 g/mol. The van der Waals surface area contributed by atoms with Crippen molar-refractivity contribution in [2.45, 2.75) is 45.1 Å². The van der Waals surface area contributed by atoms with Crippen molar-refractivity contribution in [3.05, 3.63) is 69.7 Å². The van der Waals surface area contributed by atoms with Gasteiger partial charge in [0.1, 0.15) is 6.04 Å². The van der Waals surface area contributed by atoms with Gasteiger partial charge in [0.25, 0.3) is 5.91 Å². The summed E-state index contributed by atoms with van der Waals surface area (Å²) in [6, 6.07) is 13.7. The lowest BCUT2D eigenvalue weighted by molar-refractivity contribution is -0.169. The summed E-state index contributed by atoms with van der Waals surface area (Å²) >= 11 is 11.9. The lowest BCUT2D eigenvalue weighted by atomic mass is 10.1. The second-order valence-corrected chi connectivity index (χ2v) is 7.45. The van der Waals surface area contributed by atoms with Crippen LogP contribution < -0.4 is 0 Å². The number of unbranched alkanes of at least 4 members (excludes halogenated alkanes) is 3. The number of hydroxylamine groups is 2. The molecule has 0 aliphatic heterocycles. The zero-order chi connectivity index (χ0) is 20.4. The molecule has 2 aromatic rings. The van der Waals surface area contributed by atoms with E-state index in [2.05, 4.69) is 11.9 Å². The van der Waals surface area contributed by atoms with E-state index < -0.39 is 11.9 Å². The van der Waals surface area contributed by atoms with Crippen molar-refractivity contribution in [3.63, 3.8) is 0 Å². The summed E-state index contributed by atoms with van der Waals surface area (Å²) in [6.45, 7) is 2.84. The number of nitrogens with zero attached hydrogens (tertiary/aromatic N) is 2. The Morgan fingerprint density at radius 2 is 1.86 bits per heavy atom. The molecule has 0 fully saturated rings. The molecule has 6 heteroatoms. The van der Waals surface area contributed by atoms with Crippen LogP contribution in [0, 0.1) is 0 Å². The van der Waals surface area contributed by atoms with Crippen LogP contribution in [0.25, 0.3) is 0 Å². The number of hydrogen-bond donors (Lipinski definition) is 1. The van der Waals surface area contributed by atoms with Gasteiger partial charge in [-0.25, -0.2) is 5.06 Å². The van der Waals surface area contributed by atoms with Crippen LogP contribution in [0.4, 0.5) is 0 Å². The first-order chi connectivity index (χ1) is 13.5. The first-order valence-electron chi connectivity index (χ1n) is 9.52. The highest BCUT2D eigenvalue weighted by Gasteiger charge is 2.22. The van der Waals surface area contributed by atoms with E-state index in [-0.39, 0.29) is 6.42 Å². The molecule has 150 valence electrons. The van der Waals surface area contributed by atoms with E-state index in [1.54, 1.807) is 24.4 Å². The van der Waals surface area contributed by atoms with E-state index in [4.69, 9.17) is 23.2 Å². The van der Waals surface area contributed by atoms with Gasteiger partial charge in [-0.3, -0.25) is 15.0 Å². The van der Waals surface area contributed by atoms with Gasteiger partial charge in [0.05, 0.1) is 16.5 Å². The Bertz CT molecular complexity index is 781. The Morgan fingerprint density at radius 1 is 1.11 bits per heavy atom. The van der Waals surface area contributed by atoms with Crippen molar-refractivity contribution in [3.8, 4) is 0 Å². The molecule has 28 heavy (non-hydrogen) atoms. The summed E-state index contributed by atoms with van der Waals surface area (Å²) < 4.78 is 0. The third-order valence-electron chi connectivity index (χ3n) is 4.39. The zero-order valence-corrected chi connectivity index (χ0v) is 17.5. The highest BCUT2D eigenvalue weighted by molar-refractivity contribution is 6.42. The monoisotopic (exact) mass is 420 g/mol.